The molecule has 0 aliphatic carbocycles. The van der Waals surface area contributed by atoms with Gasteiger partial charge in [-0.1, -0.05) is 11.3 Å². The summed E-state index contributed by atoms with van der Waals surface area (Å²) < 4.78 is 5.60. The lowest BCUT2D eigenvalue weighted by Gasteiger charge is -2.03. The lowest BCUT2D eigenvalue weighted by atomic mass is 10.3. The minimum absolute atomic E-state index is 0.150. The SMILES string of the molecule is Cc1nc(NC(=O)CNC(=O)c2ccoc2)sc1SCC(N)=O. The fourth-order valence-corrected chi connectivity index (χ4v) is 3.42. The quantitative estimate of drug-likeness (QED) is 0.636. The smallest absolute Gasteiger partial charge is 0.254 e. The second kappa shape index (κ2) is 7.79. The van der Waals surface area contributed by atoms with E-state index in [1.165, 1.54) is 41.7 Å². The molecule has 2 aromatic heterocycles. The Hall–Kier alpha value is -2.33. The van der Waals surface area contributed by atoms with E-state index in [1.54, 1.807) is 6.92 Å². The minimum Gasteiger partial charge on any atom is -0.472 e. The van der Waals surface area contributed by atoms with Crippen molar-refractivity contribution in [2.24, 2.45) is 5.73 Å². The Bertz CT molecular complexity index is 712. The molecule has 0 aliphatic heterocycles. The molecule has 0 aliphatic rings. The van der Waals surface area contributed by atoms with Crippen LogP contribution < -0.4 is 16.4 Å². The fourth-order valence-electron chi connectivity index (χ4n) is 1.53. The summed E-state index contributed by atoms with van der Waals surface area (Å²) in [5, 5.41) is 5.46. The number of nitrogens with one attached hydrogen (secondary N) is 2. The largest absolute Gasteiger partial charge is 0.472 e. The Morgan fingerprint density at radius 2 is 2.22 bits per heavy atom. The molecule has 2 aromatic rings. The van der Waals surface area contributed by atoms with Gasteiger partial charge < -0.3 is 20.8 Å². The molecule has 0 atom stereocenters. The van der Waals surface area contributed by atoms with Gasteiger partial charge in [-0.15, -0.1) is 11.8 Å². The topological polar surface area (TPSA) is 127 Å². The molecule has 0 fully saturated rings. The second-order valence-corrected chi connectivity index (χ2v) is 6.63. The third-order valence-corrected chi connectivity index (χ3v) is 5.00. The molecular formula is C13H14N4O4S2. The number of nitrogens with two attached hydrogens (primary N) is 1. The van der Waals surface area contributed by atoms with Gasteiger partial charge in [-0.2, -0.15) is 0 Å². The highest BCUT2D eigenvalue weighted by molar-refractivity contribution is 8.01. The van der Waals surface area contributed by atoms with Crippen LogP contribution in [-0.4, -0.2) is 35.0 Å². The highest BCUT2D eigenvalue weighted by atomic mass is 32.2. The number of primary amides is 1. The van der Waals surface area contributed by atoms with E-state index in [4.69, 9.17) is 10.2 Å². The number of thiazole rings is 1. The predicted molar refractivity (Wildman–Crippen MR) is 86.4 cm³/mol. The highest BCUT2D eigenvalue weighted by Crippen LogP contribution is 2.31. The van der Waals surface area contributed by atoms with Gasteiger partial charge >= 0.3 is 0 Å². The van der Waals surface area contributed by atoms with Gasteiger partial charge in [-0.25, -0.2) is 4.98 Å². The summed E-state index contributed by atoms with van der Waals surface area (Å²) in [5.74, 6) is -1.07. The summed E-state index contributed by atoms with van der Waals surface area (Å²) in [7, 11) is 0. The van der Waals surface area contributed by atoms with Crippen molar-refractivity contribution in [3.8, 4) is 0 Å². The number of carbonyl (C=O) groups is 3. The number of thioether (sulfide) groups is 1. The number of rotatable bonds is 7. The van der Waals surface area contributed by atoms with Crippen LogP contribution in [0.4, 0.5) is 5.13 Å². The number of hydrogen-bond donors (Lipinski definition) is 3. The maximum absolute atomic E-state index is 11.8. The number of anilines is 1. The fraction of sp³-hybridized carbons (Fsp3) is 0.231. The molecule has 0 spiro atoms. The minimum atomic E-state index is -0.421. The van der Waals surface area contributed by atoms with Crippen molar-refractivity contribution in [3.63, 3.8) is 0 Å². The van der Waals surface area contributed by atoms with Crippen LogP contribution in [0.25, 0.3) is 0 Å². The van der Waals surface area contributed by atoms with Crippen molar-refractivity contribution in [1.82, 2.24) is 10.3 Å². The molecule has 0 radical (unpaired) electrons. The molecule has 4 N–H and O–H groups in total. The zero-order valence-electron chi connectivity index (χ0n) is 12.1. The Labute approximate surface area is 139 Å². The molecule has 122 valence electrons. The van der Waals surface area contributed by atoms with E-state index in [9.17, 15) is 14.4 Å². The molecule has 10 heteroatoms. The molecule has 0 aromatic carbocycles. The van der Waals surface area contributed by atoms with Gasteiger partial charge in [0, 0.05) is 0 Å². The van der Waals surface area contributed by atoms with Gasteiger partial charge in [0.15, 0.2) is 5.13 Å². The van der Waals surface area contributed by atoms with Crippen LogP contribution in [0.3, 0.4) is 0 Å². The first-order chi connectivity index (χ1) is 11.0. The number of furan rings is 1. The van der Waals surface area contributed by atoms with E-state index in [0.717, 1.165) is 4.21 Å². The van der Waals surface area contributed by atoms with Crippen LogP contribution in [0.2, 0.25) is 0 Å². The third-order valence-electron chi connectivity index (χ3n) is 2.54. The third kappa shape index (κ3) is 5.11. The number of amides is 3. The average Bonchev–Trinajstić information content (AvgIpc) is 3.12. The monoisotopic (exact) mass is 354 g/mol. The van der Waals surface area contributed by atoms with Crippen LogP contribution in [0.1, 0.15) is 16.1 Å². The standard InChI is InChI=1S/C13H14N4O4S2/c1-7-12(22-6-9(14)18)23-13(16-7)17-10(19)4-15-11(20)8-2-3-21-5-8/h2-3,5H,4,6H2,1H3,(H2,14,18)(H,15,20)(H,16,17,19). The first-order valence-corrected chi connectivity index (χ1v) is 8.24. The van der Waals surface area contributed by atoms with Crippen molar-refractivity contribution in [3.05, 3.63) is 29.9 Å². The predicted octanol–water partition coefficient (Wildman–Crippen LogP) is 0.990. The Balaban J connectivity index is 1.84. The van der Waals surface area contributed by atoms with Crippen LogP contribution in [0.15, 0.2) is 27.2 Å². The Morgan fingerprint density at radius 3 is 2.87 bits per heavy atom. The maximum atomic E-state index is 11.8. The normalized spacial score (nSPS) is 10.3. The number of nitrogens with zero attached hydrogens (tertiary/aromatic N) is 1. The first-order valence-electron chi connectivity index (χ1n) is 6.44. The summed E-state index contributed by atoms with van der Waals surface area (Å²) in [6.07, 6.45) is 2.66. The van der Waals surface area contributed by atoms with Crippen molar-refractivity contribution in [2.45, 2.75) is 11.1 Å². The van der Waals surface area contributed by atoms with Crippen molar-refractivity contribution >= 4 is 46.0 Å². The number of aryl methyl sites for hydroxylation is 1. The van der Waals surface area contributed by atoms with Crippen molar-refractivity contribution in [1.29, 1.82) is 0 Å². The van der Waals surface area contributed by atoms with Crippen LogP contribution in [0, 0.1) is 6.92 Å². The molecule has 3 amide bonds. The van der Waals surface area contributed by atoms with Crippen LogP contribution in [0.5, 0.6) is 0 Å². The summed E-state index contributed by atoms with van der Waals surface area (Å²) in [6.45, 7) is 1.59. The Morgan fingerprint density at radius 1 is 1.43 bits per heavy atom. The molecule has 23 heavy (non-hydrogen) atoms. The van der Waals surface area contributed by atoms with Crippen molar-refractivity contribution in [2.75, 3.05) is 17.6 Å². The van der Waals surface area contributed by atoms with Gasteiger partial charge in [0.1, 0.15) is 6.26 Å². The summed E-state index contributed by atoms with van der Waals surface area (Å²) in [5.41, 5.74) is 6.14. The summed E-state index contributed by atoms with van der Waals surface area (Å²) >= 11 is 2.52. The van der Waals surface area contributed by atoms with E-state index in [2.05, 4.69) is 15.6 Å². The molecule has 2 rings (SSSR count). The number of hydrogen-bond acceptors (Lipinski definition) is 7. The van der Waals surface area contributed by atoms with E-state index >= 15 is 0 Å². The summed E-state index contributed by atoms with van der Waals surface area (Å²) in [4.78, 5) is 38.4. The van der Waals surface area contributed by atoms with Crippen molar-refractivity contribution < 1.29 is 18.8 Å². The van der Waals surface area contributed by atoms with Gasteiger partial charge in [-0.3, -0.25) is 14.4 Å². The Kier molecular flexibility index (Phi) is 5.77. The van der Waals surface area contributed by atoms with Gasteiger partial charge in [0.2, 0.25) is 11.8 Å². The van der Waals surface area contributed by atoms with Gasteiger partial charge in [-0.05, 0) is 13.0 Å². The average molecular weight is 354 g/mol. The molecule has 2 heterocycles. The number of carbonyl (C=O) groups excluding carboxylic acids is 3. The van der Waals surface area contributed by atoms with E-state index in [-0.39, 0.29) is 12.3 Å². The molecular weight excluding hydrogens is 340 g/mol. The first kappa shape index (κ1) is 17.0. The van der Waals surface area contributed by atoms with Gasteiger partial charge in [0.25, 0.3) is 5.91 Å². The van der Waals surface area contributed by atoms with E-state index in [1.807, 2.05) is 0 Å². The number of aromatic nitrogens is 1. The zero-order valence-corrected chi connectivity index (χ0v) is 13.8. The molecule has 0 saturated heterocycles. The van der Waals surface area contributed by atoms with E-state index in [0.29, 0.717) is 16.4 Å². The highest BCUT2D eigenvalue weighted by Gasteiger charge is 2.13. The van der Waals surface area contributed by atoms with Crippen LogP contribution >= 0.6 is 23.1 Å². The van der Waals surface area contributed by atoms with Crippen LogP contribution in [-0.2, 0) is 9.59 Å². The second-order valence-electron chi connectivity index (χ2n) is 4.39. The molecule has 0 bridgehead atoms. The molecule has 0 unspecified atom stereocenters. The summed E-state index contributed by atoms with van der Waals surface area (Å²) in [6, 6.07) is 1.50. The maximum Gasteiger partial charge on any atom is 0.254 e. The lowest BCUT2D eigenvalue weighted by molar-refractivity contribution is -0.116. The van der Waals surface area contributed by atoms with E-state index < -0.39 is 17.7 Å². The molecule has 0 saturated carbocycles. The molecule has 8 nitrogen and oxygen atoms in total. The zero-order chi connectivity index (χ0) is 16.8. The van der Waals surface area contributed by atoms with Gasteiger partial charge in [0.05, 0.1) is 34.0 Å². The lowest BCUT2D eigenvalue weighted by Crippen LogP contribution is -2.32.